The lowest BCUT2D eigenvalue weighted by Crippen LogP contribution is -2.16. The van der Waals surface area contributed by atoms with E-state index in [2.05, 4.69) is 42.1 Å². The van der Waals surface area contributed by atoms with Gasteiger partial charge in [0.2, 0.25) is 5.82 Å². The number of anilines is 1. The molecule has 2 atom stereocenters. The largest absolute Gasteiger partial charge is 0.365 e. The average Bonchev–Trinajstić information content (AvgIpc) is 3.50. The van der Waals surface area contributed by atoms with Crippen molar-refractivity contribution in [2.75, 3.05) is 5.32 Å². The Kier molecular flexibility index (Phi) is 5.05. The van der Waals surface area contributed by atoms with Crippen LogP contribution >= 0.6 is 0 Å². The van der Waals surface area contributed by atoms with E-state index in [4.69, 9.17) is 4.74 Å². The molecule has 0 radical (unpaired) electrons. The minimum atomic E-state index is -0.0750. The molecule has 2 aliphatic rings. The molecular weight excluding hydrogens is 366 g/mol. The number of hydrogen-bond donors (Lipinski definition) is 1. The van der Waals surface area contributed by atoms with Crippen LogP contribution in [0.4, 0.5) is 5.82 Å². The molecule has 4 heterocycles. The second kappa shape index (κ2) is 8.13. The number of hydrogen-bond acceptors (Lipinski definition) is 7. The third kappa shape index (κ3) is 3.91. The van der Waals surface area contributed by atoms with Crippen LogP contribution in [0.2, 0.25) is 0 Å². The molecule has 0 amide bonds. The molecule has 0 bridgehead atoms. The molecule has 29 heavy (non-hydrogen) atoms. The van der Waals surface area contributed by atoms with Crippen LogP contribution in [0, 0.1) is 11.8 Å². The maximum absolute atomic E-state index is 6.22. The van der Waals surface area contributed by atoms with E-state index < -0.39 is 0 Å². The van der Waals surface area contributed by atoms with E-state index in [0.717, 1.165) is 29.8 Å². The Balaban J connectivity index is 1.27. The SMILES string of the molecule is C(#Cc1ncccn1)C[C@H]1CC[C@H](n2cnc3c(NC4CCCC4)ncnc32)O1. The van der Waals surface area contributed by atoms with Gasteiger partial charge in [0.05, 0.1) is 12.4 Å². The summed E-state index contributed by atoms with van der Waals surface area (Å²) < 4.78 is 8.24. The molecule has 8 nitrogen and oxygen atoms in total. The first-order valence-electron chi connectivity index (χ1n) is 10.2. The van der Waals surface area contributed by atoms with Gasteiger partial charge in [-0.05, 0) is 37.7 Å². The van der Waals surface area contributed by atoms with Crippen LogP contribution in [0.5, 0.6) is 0 Å². The van der Waals surface area contributed by atoms with Crippen molar-refractivity contribution < 1.29 is 4.74 Å². The third-order valence-electron chi connectivity index (χ3n) is 5.55. The zero-order chi connectivity index (χ0) is 19.5. The van der Waals surface area contributed by atoms with Crippen molar-refractivity contribution in [3.8, 4) is 11.8 Å². The number of imidazole rings is 1. The Hall–Kier alpha value is -3.05. The van der Waals surface area contributed by atoms with Gasteiger partial charge in [-0.3, -0.25) is 4.57 Å². The number of nitrogens with one attached hydrogen (secondary N) is 1. The summed E-state index contributed by atoms with van der Waals surface area (Å²) >= 11 is 0. The van der Waals surface area contributed by atoms with Crippen LogP contribution in [-0.4, -0.2) is 41.6 Å². The molecule has 3 aromatic heterocycles. The molecule has 1 N–H and O–H groups in total. The van der Waals surface area contributed by atoms with Gasteiger partial charge < -0.3 is 10.1 Å². The molecular formula is C21H23N7O. The van der Waals surface area contributed by atoms with E-state index >= 15 is 0 Å². The van der Waals surface area contributed by atoms with Crippen molar-refractivity contribution in [2.45, 2.75) is 63.3 Å². The zero-order valence-corrected chi connectivity index (χ0v) is 16.2. The lowest BCUT2D eigenvalue weighted by Gasteiger charge is -2.15. The molecule has 0 aromatic carbocycles. The normalized spacial score (nSPS) is 21.9. The minimum Gasteiger partial charge on any atom is -0.365 e. The number of aromatic nitrogens is 6. The molecule has 5 rings (SSSR count). The van der Waals surface area contributed by atoms with Crippen molar-refractivity contribution >= 4 is 17.0 Å². The van der Waals surface area contributed by atoms with Gasteiger partial charge in [0.25, 0.3) is 0 Å². The maximum atomic E-state index is 6.22. The summed E-state index contributed by atoms with van der Waals surface area (Å²) in [5.41, 5.74) is 1.63. The van der Waals surface area contributed by atoms with E-state index in [0.29, 0.717) is 18.3 Å². The van der Waals surface area contributed by atoms with Crippen molar-refractivity contribution in [2.24, 2.45) is 0 Å². The second-order valence-corrected chi connectivity index (χ2v) is 7.54. The first kappa shape index (κ1) is 18.0. The number of fused-ring (bicyclic) bond motifs is 1. The first-order chi connectivity index (χ1) is 14.4. The molecule has 3 aromatic rings. The van der Waals surface area contributed by atoms with E-state index in [9.17, 15) is 0 Å². The molecule has 8 heteroatoms. The fourth-order valence-electron chi connectivity index (χ4n) is 4.08. The maximum Gasteiger partial charge on any atom is 0.204 e. The summed E-state index contributed by atoms with van der Waals surface area (Å²) in [6.07, 6.45) is 14.3. The van der Waals surface area contributed by atoms with Gasteiger partial charge in [-0.2, -0.15) is 0 Å². The van der Waals surface area contributed by atoms with Gasteiger partial charge in [-0.1, -0.05) is 18.8 Å². The topological polar surface area (TPSA) is 90.6 Å². The quantitative estimate of drug-likeness (QED) is 0.686. The van der Waals surface area contributed by atoms with Crippen LogP contribution in [0.25, 0.3) is 11.2 Å². The summed E-state index contributed by atoms with van der Waals surface area (Å²) in [5.74, 6) is 7.49. The second-order valence-electron chi connectivity index (χ2n) is 7.54. The molecule has 0 spiro atoms. The summed E-state index contributed by atoms with van der Waals surface area (Å²) in [5, 5.41) is 3.54. The summed E-state index contributed by atoms with van der Waals surface area (Å²) in [4.78, 5) is 21.7. The molecule has 0 unspecified atom stereocenters. The van der Waals surface area contributed by atoms with Crippen LogP contribution in [-0.2, 0) is 4.74 Å². The molecule has 148 valence electrons. The average molecular weight is 389 g/mol. The lowest BCUT2D eigenvalue weighted by atomic mass is 10.2. The van der Waals surface area contributed by atoms with Crippen LogP contribution < -0.4 is 5.32 Å². The van der Waals surface area contributed by atoms with E-state index in [-0.39, 0.29) is 12.3 Å². The van der Waals surface area contributed by atoms with Gasteiger partial charge in [-0.15, -0.1) is 0 Å². The predicted molar refractivity (Wildman–Crippen MR) is 108 cm³/mol. The standard InChI is InChI=1S/C21H23N7O/c1-2-6-15(5-1)27-20-19-21(25-13-24-20)28(14-26-19)18-10-9-16(29-18)7-3-8-17-22-11-4-12-23-17/h4,11-16,18H,1-2,5-7,9-10H2,(H,24,25,27)/t16-,18+/m0/s1. The minimum absolute atomic E-state index is 0.0750. The number of rotatable bonds is 4. The Labute approximate surface area is 169 Å². The molecule has 1 saturated carbocycles. The Bertz CT molecular complexity index is 1030. The van der Waals surface area contributed by atoms with Gasteiger partial charge >= 0.3 is 0 Å². The van der Waals surface area contributed by atoms with E-state index in [1.165, 1.54) is 25.7 Å². The monoisotopic (exact) mass is 389 g/mol. The van der Waals surface area contributed by atoms with Crippen molar-refractivity contribution in [3.05, 3.63) is 36.9 Å². The lowest BCUT2D eigenvalue weighted by molar-refractivity contribution is 0.00686. The number of ether oxygens (including phenoxy) is 1. The highest BCUT2D eigenvalue weighted by molar-refractivity contribution is 5.82. The van der Waals surface area contributed by atoms with Gasteiger partial charge in [0.1, 0.15) is 12.6 Å². The summed E-state index contributed by atoms with van der Waals surface area (Å²) in [6.45, 7) is 0. The summed E-state index contributed by atoms with van der Waals surface area (Å²) in [6, 6.07) is 2.27. The Morgan fingerprint density at radius 2 is 1.90 bits per heavy atom. The molecule has 1 saturated heterocycles. The summed E-state index contributed by atoms with van der Waals surface area (Å²) in [7, 11) is 0. The highest BCUT2D eigenvalue weighted by Crippen LogP contribution is 2.33. The number of nitrogens with zero attached hydrogens (tertiary/aromatic N) is 6. The fraction of sp³-hybridized carbons (Fsp3) is 0.476. The molecule has 1 aliphatic heterocycles. The third-order valence-corrected chi connectivity index (χ3v) is 5.55. The van der Waals surface area contributed by atoms with Gasteiger partial charge in [0.15, 0.2) is 17.0 Å². The predicted octanol–water partition coefficient (Wildman–Crippen LogP) is 3.09. The van der Waals surface area contributed by atoms with E-state index in [1.807, 2.05) is 10.9 Å². The van der Waals surface area contributed by atoms with Crippen LogP contribution in [0.15, 0.2) is 31.1 Å². The van der Waals surface area contributed by atoms with Gasteiger partial charge in [-0.25, -0.2) is 24.9 Å². The van der Waals surface area contributed by atoms with Crippen molar-refractivity contribution in [1.82, 2.24) is 29.5 Å². The Morgan fingerprint density at radius 3 is 2.76 bits per heavy atom. The Morgan fingerprint density at radius 1 is 1.03 bits per heavy atom. The van der Waals surface area contributed by atoms with Crippen LogP contribution in [0.1, 0.15) is 57.0 Å². The molecule has 2 fully saturated rings. The zero-order valence-electron chi connectivity index (χ0n) is 16.2. The molecule has 1 aliphatic carbocycles. The van der Waals surface area contributed by atoms with Crippen LogP contribution in [0.3, 0.4) is 0 Å². The van der Waals surface area contributed by atoms with Crippen molar-refractivity contribution in [1.29, 1.82) is 0 Å². The van der Waals surface area contributed by atoms with Crippen molar-refractivity contribution in [3.63, 3.8) is 0 Å². The van der Waals surface area contributed by atoms with E-state index in [1.54, 1.807) is 24.8 Å². The fourth-order valence-corrected chi connectivity index (χ4v) is 4.08. The highest BCUT2D eigenvalue weighted by atomic mass is 16.5. The van der Waals surface area contributed by atoms with Gasteiger partial charge in [0, 0.05) is 24.9 Å². The smallest absolute Gasteiger partial charge is 0.204 e. The first-order valence-corrected chi connectivity index (χ1v) is 10.2. The highest BCUT2D eigenvalue weighted by Gasteiger charge is 2.28.